The first-order valence-corrected chi connectivity index (χ1v) is 14.5. The van der Waals surface area contributed by atoms with Crippen molar-refractivity contribution in [1.82, 2.24) is 34.4 Å². The summed E-state index contributed by atoms with van der Waals surface area (Å²) in [6.07, 6.45) is 6.09. The van der Waals surface area contributed by atoms with Crippen molar-refractivity contribution in [2.45, 2.75) is 42.7 Å². The van der Waals surface area contributed by atoms with Crippen LogP contribution in [0.25, 0.3) is 16.6 Å². The Morgan fingerprint density at radius 2 is 1.90 bits per heavy atom. The monoisotopic (exact) mass is 549 g/mol. The number of fused-ring (bicyclic) bond motifs is 2. The fourth-order valence-corrected chi connectivity index (χ4v) is 7.93. The Bertz CT molecular complexity index is 1730. The number of hydrogen-bond donors (Lipinski definition) is 1. The van der Waals surface area contributed by atoms with Crippen LogP contribution < -0.4 is 5.32 Å². The van der Waals surface area contributed by atoms with E-state index in [1.165, 1.54) is 27.4 Å². The van der Waals surface area contributed by atoms with Crippen molar-refractivity contribution in [2.24, 2.45) is 18.9 Å². The summed E-state index contributed by atoms with van der Waals surface area (Å²) in [7, 11) is -2.29. The molecule has 7 rings (SSSR count). The molecule has 2 aromatic heterocycles. The lowest BCUT2D eigenvalue weighted by atomic mass is 9.87. The molecule has 0 spiro atoms. The van der Waals surface area contributed by atoms with E-state index in [0.29, 0.717) is 0 Å². The van der Waals surface area contributed by atoms with E-state index in [0.717, 1.165) is 47.0 Å². The summed E-state index contributed by atoms with van der Waals surface area (Å²) in [5, 5.41) is 16.5. The van der Waals surface area contributed by atoms with Gasteiger partial charge in [0.1, 0.15) is 5.82 Å². The van der Waals surface area contributed by atoms with E-state index in [2.05, 4.69) is 20.6 Å². The minimum absolute atomic E-state index is 0.00255. The lowest BCUT2D eigenvalue weighted by molar-refractivity contribution is -0.124. The van der Waals surface area contributed by atoms with Gasteiger partial charge >= 0.3 is 0 Å². The quantitative estimate of drug-likeness (QED) is 0.395. The van der Waals surface area contributed by atoms with Crippen LogP contribution in [-0.2, 0) is 27.3 Å². The Kier molecular flexibility index (Phi) is 5.27. The van der Waals surface area contributed by atoms with E-state index < -0.39 is 15.4 Å². The highest BCUT2D eigenvalue weighted by Crippen LogP contribution is 2.65. The average molecular weight is 550 g/mol. The molecular weight excluding hydrogens is 521 g/mol. The van der Waals surface area contributed by atoms with Crippen LogP contribution >= 0.6 is 0 Å². The number of aryl methyl sites for hydroxylation is 2. The molecule has 0 radical (unpaired) electrons. The molecule has 1 saturated heterocycles. The second-order valence-corrected chi connectivity index (χ2v) is 12.9. The molecular formula is C27H28FN7O3S. The summed E-state index contributed by atoms with van der Waals surface area (Å²) in [5.41, 5.74) is 2.87. The molecule has 2 aromatic carbocycles. The van der Waals surface area contributed by atoms with Gasteiger partial charge in [0.05, 0.1) is 29.5 Å². The smallest absolute Gasteiger partial charge is 0.264 e. The van der Waals surface area contributed by atoms with Gasteiger partial charge in [0, 0.05) is 37.0 Å². The number of aromatic nitrogens is 5. The molecule has 2 aliphatic carbocycles. The molecule has 3 heterocycles. The van der Waals surface area contributed by atoms with E-state index in [9.17, 15) is 17.6 Å². The SMILES string of the molecule is Cc1cc2c(cnn2-c2ccc(F)cc2)cc1[C@@]12CN(S(=O)(=O)c3cnn(C)n3)C[C@@H]1[C@H]2C(=O)NC1CCC1. The zero-order chi connectivity index (χ0) is 27.1. The topological polar surface area (TPSA) is 115 Å². The normalized spacial score (nSPS) is 25.0. The maximum atomic E-state index is 13.5. The number of amides is 1. The molecule has 3 fully saturated rings. The number of nitrogens with zero attached hydrogens (tertiary/aromatic N) is 6. The summed E-state index contributed by atoms with van der Waals surface area (Å²) in [4.78, 5) is 14.7. The third-order valence-electron chi connectivity index (χ3n) is 8.75. The number of hydrogen-bond acceptors (Lipinski definition) is 6. The number of piperidine rings is 1. The Hall–Kier alpha value is -3.64. The third-order valence-corrected chi connectivity index (χ3v) is 10.4. The van der Waals surface area contributed by atoms with Crippen molar-refractivity contribution in [3.63, 3.8) is 0 Å². The van der Waals surface area contributed by atoms with Crippen LogP contribution in [0.3, 0.4) is 0 Å². The fourth-order valence-electron chi connectivity index (χ4n) is 6.52. The second kappa shape index (κ2) is 8.43. The Labute approximate surface area is 224 Å². The van der Waals surface area contributed by atoms with Crippen molar-refractivity contribution < 1.29 is 17.6 Å². The summed E-state index contributed by atoms with van der Waals surface area (Å²) >= 11 is 0. The molecule has 1 N–H and O–H groups in total. The maximum Gasteiger partial charge on any atom is 0.264 e. The van der Waals surface area contributed by atoms with E-state index in [4.69, 9.17) is 0 Å². The van der Waals surface area contributed by atoms with Crippen molar-refractivity contribution in [1.29, 1.82) is 0 Å². The van der Waals surface area contributed by atoms with Crippen molar-refractivity contribution in [2.75, 3.05) is 13.1 Å². The number of carbonyl (C=O) groups excluding carboxylic acids is 1. The van der Waals surface area contributed by atoms with Gasteiger partial charge in [0.15, 0.2) is 0 Å². The van der Waals surface area contributed by atoms with Crippen molar-refractivity contribution in [3.8, 4) is 5.69 Å². The molecule has 4 aromatic rings. The van der Waals surface area contributed by atoms with Crippen LogP contribution in [0.4, 0.5) is 4.39 Å². The van der Waals surface area contributed by atoms with Crippen LogP contribution in [0.15, 0.2) is 53.8 Å². The predicted octanol–water partition coefficient (Wildman–Crippen LogP) is 2.46. The molecule has 12 heteroatoms. The molecule has 3 atom stereocenters. The molecule has 0 unspecified atom stereocenters. The lowest BCUT2D eigenvalue weighted by Crippen LogP contribution is -2.44. The van der Waals surface area contributed by atoms with E-state index in [1.54, 1.807) is 30.1 Å². The lowest BCUT2D eigenvalue weighted by Gasteiger charge is -2.28. The zero-order valence-corrected chi connectivity index (χ0v) is 22.4. The molecule has 2 saturated carbocycles. The fraction of sp³-hybridized carbons (Fsp3) is 0.407. The molecule has 3 aliphatic rings. The molecule has 10 nitrogen and oxygen atoms in total. The van der Waals surface area contributed by atoms with Gasteiger partial charge in [-0.05, 0) is 79.6 Å². The molecule has 39 heavy (non-hydrogen) atoms. The highest BCUT2D eigenvalue weighted by atomic mass is 32.2. The number of sulfonamides is 1. The predicted molar refractivity (Wildman–Crippen MR) is 140 cm³/mol. The minimum Gasteiger partial charge on any atom is -0.353 e. The van der Waals surface area contributed by atoms with Gasteiger partial charge in [-0.25, -0.2) is 17.5 Å². The van der Waals surface area contributed by atoms with Crippen LogP contribution in [0.2, 0.25) is 0 Å². The molecule has 1 aliphatic heterocycles. The summed E-state index contributed by atoms with van der Waals surface area (Å²) in [5.74, 6) is -0.772. The van der Waals surface area contributed by atoms with Crippen molar-refractivity contribution >= 4 is 26.8 Å². The number of rotatable bonds is 6. The summed E-state index contributed by atoms with van der Waals surface area (Å²) < 4.78 is 43.6. The van der Waals surface area contributed by atoms with Gasteiger partial charge in [-0.3, -0.25) is 4.79 Å². The first-order valence-electron chi connectivity index (χ1n) is 13.1. The van der Waals surface area contributed by atoms with Crippen molar-refractivity contribution in [3.05, 3.63) is 65.7 Å². The Balaban J connectivity index is 1.28. The third kappa shape index (κ3) is 3.64. The minimum atomic E-state index is -3.86. The highest BCUT2D eigenvalue weighted by Gasteiger charge is 2.74. The van der Waals surface area contributed by atoms with Crippen LogP contribution in [0.1, 0.15) is 30.4 Å². The average Bonchev–Trinajstić information content (AvgIpc) is 3.31. The maximum absolute atomic E-state index is 13.5. The number of nitrogens with one attached hydrogen (secondary N) is 1. The van der Waals surface area contributed by atoms with Gasteiger partial charge < -0.3 is 5.32 Å². The summed E-state index contributed by atoms with van der Waals surface area (Å²) in [6.45, 7) is 2.42. The molecule has 0 bridgehead atoms. The Morgan fingerprint density at radius 1 is 1.13 bits per heavy atom. The number of halogens is 1. The van der Waals surface area contributed by atoms with E-state index >= 15 is 0 Å². The van der Waals surface area contributed by atoms with E-state index in [-0.39, 0.29) is 47.7 Å². The van der Waals surface area contributed by atoms with Gasteiger partial charge in [0.25, 0.3) is 10.0 Å². The van der Waals surface area contributed by atoms with Gasteiger partial charge in [0.2, 0.25) is 10.9 Å². The Morgan fingerprint density at radius 3 is 2.56 bits per heavy atom. The van der Waals surface area contributed by atoms with Crippen LogP contribution in [-0.4, -0.2) is 62.5 Å². The highest BCUT2D eigenvalue weighted by molar-refractivity contribution is 7.89. The second-order valence-electron chi connectivity index (χ2n) is 11.0. The number of carbonyl (C=O) groups is 1. The molecule has 202 valence electrons. The largest absolute Gasteiger partial charge is 0.353 e. The van der Waals surface area contributed by atoms with Crippen LogP contribution in [0.5, 0.6) is 0 Å². The molecule has 1 amide bonds. The standard InChI is InChI=1S/C27H28FN7O3S/c1-16-10-23-17(12-30-35(23)20-8-6-18(28)7-9-20)11-21(16)27-15-34(39(37,38)24-13-29-33(2)32-24)14-22(27)25(27)26(36)31-19-4-3-5-19/h6-13,19,22,25H,3-5,14-15H2,1-2H3,(H,31,36)/t22-,25+,27+/m1/s1. The first kappa shape index (κ1) is 24.4. The zero-order valence-electron chi connectivity index (χ0n) is 21.6. The van der Waals surface area contributed by atoms with Crippen LogP contribution in [0, 0.1) is 24.6 Å². The number of benzene rings is 2. The van der Waals surface area contributed by atoms with E-state index in [1.807, 2.05) is 19.1 Å². The first-order chi connectivity index (χ1) is 18.7. The summed E-state index contributed by atoms with van der Waals surface area (Å²) in [6, 6.07) is 10.4. The van der Waals surface area contributed by atoms with Gasteiger partial charge in [-0.1, -0.05) is 0 Å². The van der Waals surface area contributed by atoms with Gasteiger partial charge in [-0.15, -0.1) is 5.10 Å². The van der Waals surface area contributed by atoms with Gasteiger partial charge in [-0.2, -0.15) is 19.3 Å².